The average molecular weight is 323 g/mol. The quantitative estimate of drug-likeness (QED) is 0.612. The van der Waals surface area contributed by atoms with E-state index in [0.29, 0.717) is 25.0 Å². The summed E-state index contributed by atoms with van der Waals surface area (Å²) in [6, 6.07) is 8.92. The highest BCUT2D eigenvalue weighted by Crippen LogP contribution is 2.15. The summed E-state index contributed by atoms with van der Waals surface area (Å²) in [4.78, 5) is 23.7. The van der Waals surface area contributed by atoms with E-state index in [-0.39, 0.29) is 17.7 Å². The number of hydrogen-bond acceptors (Lipinski definition) is 3. The first-order valence-corrected chi connectivity index (χ1v) is 8.25. The molecule has 0 heterocycles. The maximum Gasteiger partial charge on any atom is 0.326 e. The minimum absolute atomic E-state index is 0.203. The molecular weight excluding hydrogens is 298 g/mol. The van der Waals surface area contributed by atoms with E-state index in [4.69, 9.17) is 0 Å². The lowest BCUT2D eigenvalue weighted by Crippen LogP contribution is -2.44. The standard InChI is InChI=1S/C17H25NO3S/c1-12(2)10-15(17(20)21)18-16(19)14(8-9-22)11-13-6-4-3-5-7-13/h3-7,12,14-15,22H,8-11H2,1-2H3,(H,18,19)(H,20,21). The van der Waals surface area contributed by atoms with Crippen LogP contribution in [0.3, 0.4) is 0 Å². The van der Waals surface area contributed by atoms with Crippen molar-refractivity contribution in [2.24, 2.45) is 11.8 Å². The number of carbonyl (C=O) groups is 2. The molecule has 1 aromatic carbocycles. The van der Waals surface area contributed by atoms with E-state index in [1.165, 1.54) is 0 Å². The van der Waals surface area contributed by atoms with Crippen LogP contribution in [0.15, 0.2) is 30.3 Å². The minimum atomic E-state index is -0.980. The normalized spacial score (nSPS) is 13.6. The van der Waals surface area contributed by atoms with Gasteiger partial charge in [-0.1, -0.05) is 44.2 Å². The number of hydrogen-bond donors (Lipinski definition) is 3. The molecule has 0 bridgehead atoms. The Morgan fingerprint density at radius 3 is 2.36 bits per heavy atom. The first kappa shape index (κ1) is 18.6. The number of carbonyl (C=O) groups excluding carboxylic acids is 1. The van der Waals surface area contributed by atoms with Crippen LogP contribution in [0.4, 0.5) is 0 Å². The highest BCUT2D eigenvalue weighted by atomic mass is 32.1. The SMILES string of the molecule is CC(C)CC(NC(=O)C(CCS)Cc1ccccc1)C(=O)O. The van der Waals surface area contributed by atoms with E-state index >= 15 is 0 Å². The third-order valence-electron chi connectivity index (χ3n) is 3.49. The van der Waals surface area contributed by atoms with Gasteiger partial charge in [-0.3, -0.25) is 4.79 Å². The van der Waals surface area contributed by atoms with Gasteiger partial charge in [0, 0.05) is 5.92 Å². The highest BCUT2D eigenvalue weighted by molar-refractivity contribution is 7.80. The summed E-state index contributed by atoms with van der Waals surface area (Å²) < 4.78 is 0. The third-order valence-corrected chi connectivity index (χ3v) is 3.75. The van der Waals surface area contributed by atoms with E-state index in [9.17, 15) is 14.7 Å². The molecule has 0 fully saturated rings. The van der Waals surface area contributed by atoms with Crippen LogP contribution >= 0.6 is 12.6 Å². The van der Waals surface area contributed by atoms with E-state index in [1.54, 1.807) is 0 Å². The van der Waals surface area contributed by atoms with E-state index in [0.717, 1.165) is 5.56 Å². The zero-order valence-corrected chi connectivity index (χ0v) is 14.1. The van der Waals surface area contributed by atoms with Crippen molar-refractivity contribution >= 4 is 24.5 Å². The van der Waals surface area contributed by atoms with E-state index in [2.05, 4.69) is 17.9 Å². The van der Waals surface area contributed by atoms with Gasteiger partial charge < -0.3 is 10.4 Å². The van der Waals surface area contributed by atoms with Crippen molar-refractivity contribution in [3.8, 4) is 0 Å². The molecule has 4 nitrogen and oxygen atoms in total. The van der Waals surface area contributed by atoms with Gasteiger partial charge in [-0.2, -0.15) is 12.6 Å². The fourth-order valence-corrected chi connectivity index (χ4v) is 2.67. The zero-order chi connectivity index (χ0) is 16.5. The lowest BCUT2D eigenvalue weighted by Gasteiger charge is -2.21. The molecule has 122 valence electrons. The fourth-order valence-electron chi connectivity index (χ4n) is 2.36. The molecule has 0 aliphatic rings. The topological polar surface area (TPSA) is 66.4 Å². The van der Waals surface area contributed by atoms with Crippen molar-refractivity contribution in [1.29, 1.82) is 0 Å². The van der Waals surface area contributed by atoms with Gasteiger partial charge in [0.2, 0.25) is 5.91 Å². The molecule has 1 amide bonds. The number of carboxylic acids is 1. The minimum Gasteiger partial charge on any atom is -0.480 e. The molecule has 0 aliphatic heterocycles. The lowest BCUT2D eigenvalue weighted by atomic mass is 9.95. The number of benzene rings is 1. The molecule has 2 atom stereocenters. The van der Waals surface area contributed by atoms with Gasteiger partial charge in [0.1, 0.15) is 6.04 Å². The van der Waals surface area contributed by atoms with Gasteiger partial charge in [-0.25, -0.2) is 4.79 Å². The Labute approximate surface area is 137 Å². The second kappa shape index (κ2) is 9.51. The Bertz CT molecular complexity index is 476. The van der Waals surface area contributed by atoms with Crippen molar-refractivity contribution in [3.63, 3.8) is 0 Å². The molecule has 2 unspecified atom stereocenters. The molecule has 0 saturated heterocycles. The predicted molar refractivity (Wildman–Crippen MR) is 91.1 cm³/mol. The van der Waals surface area contributed by atoms with Crippen LogP contribution in [-0.2, 0) is 16.0 Å². The molecule has 2 N–H and O–H groups in total. The van der Waals surface area contributed by atoms with Gasteiger partial charge in [0.25, 0.3) is 0 Å². The molecular formula is C17H25NO3S. The van der Waals surface area contributed by atoms with Gasteiger partial charge in [-0.15, -0.1) is 0 Å². The van der Waals surface area contributed by atoms with Crippen molar-refractivity contribution in [1.82, 2.24) is 5.32 Å². The molecule has 0 aromatic heterocycles. The number of thiol groups is 1. The van der Waals surface area contributed by atoms with Crippen LogP contribution in [0.5, 0.6) is 0 Å². The van der Waals surface area contributed by atoms with Crippen LogP contribution < -0.4 is 5.32 Å². The summed E-state index contributed by atoms with van der Waals surface area (Å²) >= 11 is 4.21. The van der Waals surface area contributed by atoms with Gasteiger partial charge in [0.05, 0.1) is 0 Å². The van der Waals surface area contributed by atoms with Gasteiger partial charge in [0.15, 0.2) is 0 Å². The fraction of sp³-hybridized carbons (Fsp3) is 0.529. The highest BCUT2D eigenvalue weighted by Gasteiger charge is 2.25. The Morgan fingerprint density at radius 1 is 1.23 bits per heavy atom. The van der Waals surface area contributed by atoms with E-state index < -0.39 is 12.0 Å². The predicted octanol–water partition coefficient (Wildman–Crippen LogP) is 2.78. The molecule has 5 heteroatoms. The molecule has 0 spiro atoms. The van der Waals surface area contributed by atoms with E-state index in [1.807, 2.05) is 44.2 Å². The van der Waals surface area contributed by atoms with Crippen LogP contribution in [0.25, 0.3) is 0 Å². The van der Waals surface area contributed by atoms with Crippen LogP contribution in [0.2, 0.25) is 0 Å². The first-order valence-electron chi connectivity index (χ1n) is 7.62. The van der Waals surface area contributed by atoms with Crippen LogP contribution in [0, 0.1) is 11.8 Å². The van der Waals surface area contributed by atoms with Crippen molar-refractivity contribution in [2.45, 2.75) is 39.2 Å². The number of amides is 1. The van der Waals surface area contributed by atoms with Crippen molar-refractivity contribution in [2.75, 3.05) is 5.75 Å². The summed E-state index contributed by atoms with van der Waals surface area (Å²) in [5.74, 6) is -0.641. The second-order valence-corrected chi connectivity index (χ2v) is 6.38. The van der Waals surface area contributed by atoms with Gasteiger partial charge in [-0.05, 0) is 36.5 Å². The summed E-state index contributed by atoms with van der Waals surface area (Å²) in [7, 11) is 0. The Hall–Kier alpha value is -1.49. The van der Waals surface area contributed by atoms with Gasteiger partial charge >= 0.3 is 5.97 Å². The maximum atomic E-state index is 12.4. The van der Waals surface area contributed by atoms with Crippen molar-refractivity contribution in [3.05, 3.63) is 35.9 Å². The summed E-state index contributed by atoms with van der Waals surface area (Å²) in [5.41, 5.74) is 1.07. The number of nitrogens with one attached hydrogen (secondary N) is 1. The smallest absolute Gasteiger partial charge is 0.326 e. The number of rotatable bonds is 9. The lowest BCUT2D eigenvalue weighted by molar-refractivity contribution is -0.143. The maximum absolute atomic E-state index is 12.4. The molecule has 22 heavy (non-hydrogen) atoms. The number of carboxylic acid groups (broad SMARTS) is 1. The molecule has 1 rings (SSSR count). The number of aliphatic carboxylic acids is 1. The summed E-state index contributed by atoms with van der Waals surface area (Å²) in [6.07, 6.45) is 1.65. The summed E-state index contributed by atoms with van der Waals surface area (Å²) in [5, 5.41) is 11.9. The first-order chi connectivity index (χ1) is 10.4. The monoisotopic (exact) mass is 323 g/mol. The Kier molecular flexibility index (Phi) is 8.02. The van der Waals surface area contributed by atoms with Crippen LogP contribution in [0.1, 0.15) is 32.3 Å². The molecule has 1 aromatic rings. The average Bonchev–Trinajstić information content (AvgIpc) is 2.46. The molecule has 0 radical (unpaired) electrons. The second-order valence-electron chi connectivity index (χ2n) is 5.93. The molecule has 0 saturated carbocycles. The molecule has 0 aliphatic carbocycles. The zero-order valence-electron chi connectivity index (χ0n) is 13.2. The van der Waals surface area contributed by atoms with Crippen LogP contribution in [-0.4, -0.2) is 28.8 Å². The Morgan fingerprint density at radius 2 is 1.86 bits per heavy atom. The third kappa shape index (κ3) is 6.52. The summed E-state index contributed by atoms with van der Waals surface area (Å²) in [6.45, 7) is 3.88. The Balaban J connectivity index is 2.73. The largest absolute Gasteiger partial charge is 0.480 e. The van der Waals surface area contributed by atoms with Crippen molar-refractivity contribution < 1.29 is 14.7 Å².